The predicted octanol–water partition coefficient (Wildman–Crippen LogP) is 3.62. The van der Waals surface area contributed by atoms with Gasteiger partial charge in [-0.15, -0.1) is 22.9 Å². The Hall–Kier alpha value is -1.67. The lowest BCUT2D eigenvalue weighted by Crippen LogP contribution is -2.17. The average Bonchev–Trinajstić information content (AvgIpc) is 2.89. The highest BCUT2D eigenvalue weighted by molar-refractivity contribution is 7.09. The quantitative estimate of drug-likeness (QED) is 0.525. The lowest BCUT2D eigenvalue weighted by molar-refractivity contribution is -0.115. The summed E-state index contributed by atoms with van der Waals surface area (Å²) in [6, 6.07) is 0.0634. The topological polar surface area (TPSA) is 42.0 Å². The van der Waals surface area contributed by atoms with Crippen molar-refractivity contribution in [3.63, 3.8) is 0 Å². The van der Waals surface area contributed by atoms with Crippen LogP contribution in [0.25, 0.3) is 0 Å². The molecule has 0 radical (unpaired) electrons. The van der Waals surface area contributed by atoms with Crippen LogP contribution >= 0.6 is 22.9 Å². The van der Waals surface area contributed by atoms with Gasteiger partial charge in [0.05, 0.1) is 18.0 Å². The van der Waals surface area contributed by atoms with Gasteiger partial charge in [0, 0.05) is 11.4 Å². The Balaban J connectivity index is 2.16. The van der Waals surface area contributed by atoms with E-state index < -0.39 is 34.9 Å². The van der Waals surface area contributed by atoms with Crippen molar-refractivity contribution < 1.29 is 22.4 Å². The molecule has 112 valence electrons. The van der Waals surface area contributed by atoms with Crippen LogP contribution in [0.4, 0.5) is 23.2 Å². The summed E-state index contributed by atoms with van der Waals surface area (Å²) in [6.07, 6.45) is -0.293. The Morgan fingerprint density at radius 2 is 1.86 bits per heavy atom. The fourth-order valence-corrected chi connectivity index (χ4v) is 2.52. The predicted molar refractivity (Wildman–Crippen MR) is 70.3 cm³/mol. The van der Waals surface area contributed by atoms with Gasteiger partial charge in [-0.1, -0.05) is 0 Å². The molecule has 0 spiro atoms. The maximum atomic E-state index is 13.4. The third-order valence-corrected chi connectivity index (χ3v) is 3.60. The number of aromatic nitrogens is 1. The number of halogens is 5. The van der Waals surface area contributed by atoms with E-state index in [9.17, 15) is 22.4 Å². The summed E-state index contributed by atoms with van der Waals surface area (Å²) in [4.78, 5) is 15.6. The monoisotopic (exact) mass is 338 g/mol. The number of nitrogens with zero attached hydrogens (tertiary/aromatic N) is 1. The number of nitrogens with one attached hydrogen (secondary N) is 1. The summed E-state index contributed by atoms with van der Waals surface area (Å²) >= 11 is 6.68. The highest BCUT2D eigenvalue weighted by Gasteiger charge is 2.21. The molecular weight excluding hydrogens is 332 g/mol. The van der Waals surface area contributed by atoms with Gasteiger partial charge < -0.3 is 5.32 Å². The molecule has 0 atom stereocenters. The molecule has 1 aromatic carbocycles. The number of benzene rings is 1. The van der Waals surface area contributed by atoms with Crippen molar-refractivity contribution >= 4 is 34.5 Å². The van der Waals surface area contributed by atoms with Crippen LogP contribution in [0.1, 0.15) is 10.7 Å². The van der Waals surface area contributed by atoms with E-state index in [1.165, 1.54) is 0 Å². The normalized spacial score (nSPS) is 10.7. The number of anilines is 1. The van der Waals surface area contributed by atoms with Crippen LogP contribution in [0.15, 0.2) is 11.4 Å². The molecule has 0 saturated heterocycles. The van der Waals surface area contributed by atoms with E-state index in [-0.39, 0.29) is 18.4 Å². The van der Waals surface area contributed by atoms with E-state index in [0.29, 0.717) is 10.7 Å². The van der Waals surface area contributed by atoms with Crippen LogP contribution in [-0.4, -0.2) is 10.9 Å². The summed E-state index contributed by atoms with van der Waals surface area (Å²) in [5, 5.41) is 3.79. The Labute approximate surface area is 125 Å². The Bertz CT molecular complexity index is 666. The first-order valence-electron chi connectivity index (χ1n) is 5.54. The van der Waals surface area contributed by atoms with E-state index in [4.69, 9.17) is 11.6 Å². The van der Waals surface area contributed by atoms with Gasteiger partial charge in [0.2, 0.25) is 5.91 Å². The molecule has 1 aromatic heterocycles. The summed E-state index contributed by atoms with van der Waals surface area (Å²) in [7, 11) is 0. The molecule has 0 bridgehead atoms. The lowest BCUT2D eigenvalue weighted by Gasteiger charge is -2.08. The molecule has 1 N–H and O–H groups in total. The largest absolute Gasteiger partial charge is 0.321 e. The number of amides is 1. The van der Waals surface area contributed by atoms with Gasteiger partial charge in [-0.25, -0.2) is 22.5 Å². The summed E-state index contributed by atoms with van der Waals surface area (Å²) in [5.41, 5.74) is -0.606. The van der Waals surface area contributed by atoms with Crippen LogP contribution < -0.4 is 5.32 Å². The summed E-state index contributed by atoms with van der Waals surface area (Å²) < 4.78 is 52.7. The van der Waals surface area contributed by atoms with Gasteiger partial charge in [-0.05, 0) is 0 Å². The van der Waals surface area contributed by atoms with Gasteiger partial charge in [-0.2, -0.15) is 0 Å². The number of hydrogen-bond donors (Lipinski definition) is 1. The van der Waals surface area contributed by atoms with Gasteiger partial charge in [0.1, 0.15) is 10.7 Å². The Morgan fingerprint density at radius 1 is 1.24 bits per heavy atom. The number of hydrogen-bond acceptors (Lipinski definition) is 3. The lowest BCUT2D eigenvalue weighted by atomic mass is 10.2. The molecule has 9 heteroatoms. The van der Waals surface area contributed by atoms with Crippen molar-refractivity contribution in [3.8, 4) is 0 Å². The van der Waals surface area contributed by atoms with E-state index in [1.807, 2.05) is 0 Å². The molecule has 0 aliphatic rings. The van der Waals surface area contributed by atoms with Crippen LogP contribution in [0, 0.1) is 23.3 Å². The van der Waals surface area contributed by atoms with Gasteiger partial charge in [0.15, 0.2) is 23.3 Å². The molecule has 1 heterocycles. The first-order valence-corrected chi connectivity index (χ1v) is 6.96. The minimum Gasteiger partial charge on any atom is -0.321 e. The molecule has 21 heavy (non-hydrogen) atoms. The fourth-order valence-electron chi connectivity index (χ4n) is 1.50. The number of carbonyl (C=O) groups is 1. The van der Waals surface area contributed by atoms with Crippen molar-refractivity contribution in [3.05, 3.63) is 45.4 Å². The minimum absolute atomic E-state index is 0.0634. The third-order valence-electron chi connectivity index (χ3n) is 2.42. The van der Waals surface area contributed by atoms with E-state index >= 15 is 0 Å². The fraction of sp³-hybridized carbons (Fsp3) is 0.167. The molecule has 0 saturated carbocycles. The highest BCUT2D eigenvalue weighted by Crippen LogP contribution is 2.24. The molecule has 3 nitrogen and oxygen atoms in total. The first-order chi connectivity index (χ1) is 9.92. The number of rotatable bonds is 4. The van der Waals surface area contributed by atoms with Crippen LogP contribution in [-0.2, 0) is 17.1 Å². The SMILES string of the molecule is O=C(Cc1nc(CCl)cs1)Nc1c(F)c(F)cc(F)c1F. The zero-order valence-corrected chi connectivity index (χ0v) is 11.8. The van der Waals surface area contributed by atoms with Crippen molar-refractivity contribution in [1.29, 1.82) is 0 Å². The molecule has 2 aromatic rings. The second kappa shape index (κ2) is 6.40. The van der Waals surface area contributed by atoms with Crippen molar-refractivity contribution in [2.75, 3.05) is 5.32 Å². The molecule has 0 fully saturated rings. The van der Waals surface area contributed by atoms with E-state index in [2.05, 4.69) is 4.98 Å². The standard InChI is InChI=1S/C12H7ClF4N2OS/c13-3-5-4-21-9(18-5)2-8(20)19-12-10(16)6(14)1-7(15)11(12)17/h1,4H,2-3H2,(H,19,20). The van der Waals surface area contributed by atoms with E-state index in [1.54, 1.807) is 10.7 Å². The minimum atomic E-state index is -1.66. The third kappa shape index (κ3) is 3.51. The van der Waals surface area contributed by atoms with Crippen molar-refractivity contribution in [2.24, 2.45) is 0 Å². The smallest absolute Gasteiger partial charge is 0.231 e. The highest BCUT2D eigenvalue weighted by atomic mass is 35.5. The summed E-state index contributed by atoms with van der Waals surface area (Å²) in [5.74, 6) is -7.21. The first kappa shape index (κ1) is 15.7. The molecule has 2 rings (SSSR count). The molecule has 0 aliphatic heterocycles. The zero-order valence-electron chi connectivity index (χ0n) is 10.2. The zero-order chi connectivity index (χ0) is 15.6. The molecule has 1 amide bonds. The molecule has 0 aliphatic carbocycles. The number of carbonyl (C=O) groups excluding carboxylic acids is 1. The average molecular weight is 339 g/mol. The maximum Gasteiger partial charge on any atom is 0.231 e. The van der Waals surface area contributed by atoms with Crippen molar-refractivity contribution in [1.82, 2.24) is 4.98 Å². The Morgan fingerprint density at radius 3 is 2.38 bits per heavy atom. The molecule has 0 unspecified atom stereocenters. The number of thiazole rings is 1. The second-order valence-corrected chi connectivity index (χ2v) is 5.14. The van der Waals surface area contributed by atoms with Crippen LogP contribution in [0.3, 0.4) is 0 Å². The maximum absolute atomic E-state index is 13.4. The van der Waals surface area contributed by atoms with Crippen molar-refractivity contribution in [2.45, 2.75) is 12.3 Å². The van der Waals surface area contributed by atoms with Gasteiger partial charge in [0.25, 0.3) is 0 Å². The van der Waals surface area contributed by atoms with Gasteiger partial charge >= 0.3 is 0 Å². The van der Waals surface area contributed by atoms with Gasteiger partial charge in [-0.3, -0.25) is 4.79 Å². The molecular formula is C12H7ClF4N2OS. The Kier molecular flexibility index (Phi) is 4.79. The second-order valence-electron chi connectivity index (χ2n) is 3.93. The van der Waals surface area contributed by atoms with Crippen LogP contribution in [0.2, 0.25) is 0 Å². The summed E-state index contributed by atoms with van der Waals surface area (Å²) in [6.45, 7) is 0. The van der Waals surface area contributed by atoms with Crippen LogP contribution in [0.5, 0.6) is 0 Å². The van der Waals surface area contributed by atoms with E-state index in [0.717, 1.165) is 11.3 Å². The number of alkyl halides is 1.